The van der Waals surface area contributed by atoms with Gasteiger partial charge in [-0.2, -0.15) is 0 Å². The van der Waals surface area contributed by atoms with Crippen LogP contribution in [0.2, 0.25) is 0 Å². The molecule has 0 bridgehead atoms. The number of hydrogen-bond donors (Lipinski definition) is 0. The smallest absolute Gasteiger partial charge is 0.330 e. The zero-order valence-corrected chi connectivity index (χ0v) is 13.5. The van der Waals surface area contributed by atoms with E-state index in [2.05, 4.69) is 27.3 Å². The van der Waals surface area contributed by atoms with Gasteiger partial charge < -0.3 is 9.30 Å². The molecular weight excluding hydrogens is 296 g/mol. The number of carbonyl (C=O) groups is 1. The molecule has 22 heavy (non-hydrogen) atoms. The number of carbonyl (C=O) groups excluding carboxylic acids is 1. The van der Waals surface area contributed by atoms with Crippen molar-refractivity contribution in [2.45, 2.75) is 13.8 Å². The highest BCUT2D eigenvalue weighted by Crippen LogP contribution is 2.36. The minimum Gasteiger partial charge on any atom is -0.466 e. The molecule has 0 aliphatic heterocycles. The number of nitrogens with zero attached hydrogens (tertiary/aromatic N) is 2. The fourth-order valence-electron chi connectivity index (χ4n) is 2.50. The van der Waals surface area contributed by atoms with Crippen molar-refractivity contribution in [2.24, 2.45) is 0 Å². The van der Waals surface area contributed by atoms with Crippen molar-refractivity contribution in [1.82, 2.24) is 9.55 Å². The lowest BCUT2D eigenvalue weighted by atomic mass is 10.1. The largest absolute Gasteiger partial charge is 0.466 e. The third-order valence-corrected chi connectivity index (χ3v) is 4.46. The van der Waals surface area contributed by atoms with Crippen LogP contribution in [0.4, 0.5) is 0 Å². The molecular formula is C17H16N2O2S. The average Bonchev–Trinajstić information content (AvgIpc) is 3.10. The number of aromatic nitrogens is 2. The highest BCUT2D eigenvalue weighted by atomic mass is 32.1. The lowest BCUT2D eigenvalue weighted by molar-refractivity contribution is -0.134. The molecule has 4 nitrogen and oxygen atoms in total. The van der Waals surface area contributed by atoms with Gasteiger partial charge in [-0.3, -0.25) is 0 Å². The minimum atomic E-state index is -0.364. The number of thiophene rings is 1. The van der Waals surface area contributed by atoms with Crippen LogP contribution in [0.5, 0.6) is 0 Å². The summed E-state index contributed by atoms with van der Waals surface area (Å²) in [4.78, 5) is 18.0. The second-order valence-electron chi connectivity index (χ2n) is 5.02. The van der Waals surface area contributed by atoms with Crippen LogP contribution in [0.1, 0.15) is 16.1 Å². The van der Waals surface area contributed by atoms with Crippen molar-refractivity contribution in [3.05, 3.63) is 52.8 Å². The quantitative estimate of drug-likeness (QED) is 0.544. The summed E-state index contributed by atoms with van der Waals surface area (Å²) in [6.07, 6.45) is 7.23. The van der Waals surface area contributed by atoms with Crippen LogP contribution in [0.3, 0.4) is 0 Å². The lowest BCUT2D eigenvalue weighted by Gasteiger charge is -2.06. The van der Waals surface area contributed by atoms with Gasteiger partial charge in [0.15, 0.2) is 0 Å². The molecule has 3 heterocycles. The summed E-state index contributed by atoms with van der Waals surface area (Å²) in [5.74, 6) is -0.364. The molecule has 0 aliphatic rings. The molecule has 0 radical (unpaired) electrons. The van der Waals surface area contributed by atoms with Gasteiger partial charge in [0.1, 0.15) is 4.83 Å². The molecule has 0 saturated carbocycles. The maximum atomic E-state index is 11.4. The molecule has 0 unspecified atom stereocenters. The van der Waals surface area contributed by atoms with Crippen molar-refractivity contribution < 1.29 is 9.53 Å². The van der Waals surface area contributed by atoms with Gasteiger partial charge in [0, 0.05) is 29.5 Å². The van der Waals surface area contributed by atoms with E-state index in [1.807, 2.05) is 31.5 Å². The molecule has 0 N–H and O–H groups in total. The molecule has 3 aromatic rings. The highest BCUT2D eigenvalue weighted by molar-refractivity contribution is 7.20. The Morgan fingerprint density at radius 1 is 1.32 bits per heavy atom. The van der Waals surface area contributed by atoms with Gasteiger partial charge in [-0.1, -0.05) is 0 Å². The molecule has 0 amide bonds. The lowest BCUT2D eigenvalue weighted by Crippen LogP contribution is -1.95. The van der Waals surface area contributed by atoms with Crippen LogP contribution in [0.25, 0.3) is 22.0 Å². The fraction of sp³-hybridized carbons (Fsp3) is 0.176. The molecule has 3 aromatic heterocycles. The Bertz CT molecular complexity index is 861. The number of esters is 1. The Kier molecular flexibility index (Phi) is 3.81. The SMILES string of the molecule is COC(=O)/C=C/c1sc2nc(C)cc(C)c2c1-n1cccc1. The highest BCUT2D eigenvalue weighted by Gasteiger charge is 2.15. The van der Waals surface area contributed by atoms with Gasteiger partial charge >= 0.3 is 5.97 Å². The zero-order valence-electron chi connectivity index (χ0n) is 12.7. The van der Waals surface area contributed by atoms with E-state index in [-0.39, 0.29) is 5.97 Å². The molecule has 0 aliphatic carbocycles. The first-order valence-corrected chi connectivity index (χ1v) is 7.72. The van der Waals surface area contributed by atoms with Crippen LogP contribution in [-0.4, -0.2) is 22.6 Å². The summed E-state index contributed by atoms with van der Waals surface area (Å²) in [5, 5.41) is 1.12. The predicted molar refractivity (Wildman–Crippen MR) is 89.5 cm³/mol. The van der Waals surface area contributed by atoms with Crippen molar-refractivity contribution in [2.75, 3.05) is 7.11 Å². The molecule has 0 saturated heterocycles. The number of aryl methyl sites for hydroxylation is 2. The summed E-state index contributed by atoms with van der Waals surface area (Å²) in [5.41, 5.74) is 3.23. The molecule has 0 spiro atoms. The van der Waals surface area contributed by atoms with Crippen molar-refractivity contribution in [1.29, 1.82) is 0 Å². The standard InChI is InChI=1S/C17H16N2O2S/c1-11-10-12(2)18-17-15(11)16(19-8-4-5-9-19)13(22-17)6-7-14(20)21-3/h4-10H,1-3H3/b7-6+. The number of pyridine rings is 1. The minimum absolute atomic E-state index is 0.364. The summed E-state index contributed by atoms with van der Waals surface area (Å²) in [6, 6.07) is 6.04. The van der Waals surface area contributed by atoms with E-state index in [0.29, 0.717) is 0 Å². The van der Waals surface area contributed by atoms with E-state index in [1.54, 1.807) is 17.4 Å². The monoisotopic (exact) mass is 312 g/mol. The van der Waals surface area contributed by atoms with Crippen LogP contribution in [-0.2, 0) is 9.53 Å². The molecule has 112 valence electrons. The van der Waals surface area contributed by atoms with Crippen LogP contribution < -0.4 is 0 Å². The van der Waals surface area contributed by atoms with E-state index < -0.39 is 0 Å². The van der Waals surface area contributed by atoms with Gasteiger partial charge in [0.25, 0.3) is 0 Å². The summed E-state index contributed by atoms with van der Waals surface area (Å²) in [6.45, 7) is 4.08. The number of methoxy groups -OCH3 is 1. The first-order valence-electron chi connectivity index (χ1n) is 6.90. The maximum absolute atomic E-state index is 11.4. The fourth-order valence-corrected chi connectivity index (χ4v) is 3.70. The van der Waals surface area contributed by atoms with Gasteiger partial charge in [0.2, 0.25) is 0 Å². The Hall–Kier alpha value is -2.40. The summed E-state index contributed by atoms with van der Waals surface area (Å²) >= 11 is 1.58. The van der Waals surface area contributed by atoms with E-state index in [9.17, 15) is 4.79 Å². The Morgan fingerprint density at radius 3 is 2.73 bits per heavy atom. The number of ether oxygens (including phenoxy) is 1. The molecule has 5 heteroatoms. The molecule has 0 aromatic carbocycles. The number of hydrogen-bond acceptors (Lipinski definition) is 4. The topological polar surface area (TPSA) is 44.1 Å². The summed E-state index contributed by atoms with van der Waals surface area (Å²) in [7, 11) is 1.37. The molecule has 3 rings (SSSR count). The first-order chi connectivity index (χ1) is 10.6. The molecule has 0 atom stereocenters. The van der Waals surface area contributed by atoms with Crippen molar-refractivity contribution >= 4 is 33.6 Å². The van der Waals surface area contributed by atoms with Crippen LogP contribution in [0.15, 0.2) is 36.7 Å². The average molecular weight is 312 g/mol. The second-order valence-corrected chi connectivity index (χ2v) is 6.05. The van der Waals surface area contributed by atoms with Crippen molar-refractivity contribution in [3.63, 3.8) is 0 Å². The van der Waals surface area contributed by atoms with Crippen molar-refractivity contribution in [3.8, 4) is 5.69 Å². The first kappa shape index (κ1) is 14.5. The van der Waals surface area contributed by atoms with Crippen LogP contribution in [0, 0.1) is 13.8 Å². The third-order valence-electron chi connectivity index (χ3n) is 3.42. The van der Waals surface area contributed by atoms with E-state index in [1.165, 1.54) is 18.7 Å². The Morgan fingerprint density at radius 2 is 2.05 bits per heavy atom. The van der Waals surface area contributed by atoms with Gasteiger partial charge in [-0.25, -0.2) is 9.78 Å². The number of fused-ring (bicyclic) bond motifs is 1. The maximum Gasteiger partial charge on any atom is 0.330 e. The second kappa shape index (κ2) is 5.77. The van der Waals surface area contributed by atoms with E-state index >= 15 is 0 Å². The van der Waals surface area contributed by atoms with Crippen LogP contribution >= 0.6 is 11.3 Å². The van der Waals surface area contributed by atoms with Gasteiger partial charge in [-0.15, -0.1) is 11.3 Å². The van der Waals surface area contributed by atoms with E-state index in [0.717, 1.165) is 26.5 Å². The number of rotatable bonds is 3. The zero-order chi connectivity index (χ0) is 15.7. The van der Waals surface area contributed by atoms with Gasteiger partial charge in [-0.05, 0) is 43.7 Å². The summed E-state index contributed by atoms with van der Waals surface area (Å²) < 4.78 is 6.73. The Labute approximate surface area is 132 Å². The normalized spacial score (nSPS) is 11.4. The predicted octanol–water partition coefficient (Wildman–Crippen LogP) is 3.89. The van der Waals surface area contributed by atoms with Gasteiger partial charge in [0.05, 0.1) is 17.7 Å². The van der Waals surface area contributed by atoms with E-state index in [4.69, 9.17) is 0 Å². The Balaban J connectivity index is 2.27. The third kappa shape index (κ3) is 2.55. The molecule has 0 fully saturated rings.